The van der Waals surface area contributed by atoms with Gasteiger partial charge in [0.25, 0.3) is 0 Å². The molecular weight excluding hydrogens is 422 g/mol. The first kappa shape index (κ1) is 20.6. The first-order valence-corrected chi connectivity index (χ1v) is 10.9. The molecule has 1 aliphatic carbocycles. The molecular formula is C24H23ClF2N2O2. The molecule has 2 atom stereocenters. The predicted octanol–water partition coefficient (Wildman–Crippen LogP) is 5.22. The average molecular weight is 445 g/mol. The molecule has 3 aromatic rings. The predicted molar refractivity (Wildman–Crippen MR) is 114 cm³/mol. The van der Waals surface area contributed by atoms with E-state index in [1.165, 1.54) is 12.1 Å². The van der Waals surface area contributed by atoms with Crippen LogP contribution in [0.25, 0.3) is 11.3 Å². The number of benzene rings is 2. The maximum absolute atomic E-state index is 14.7. The highest BCUT2D eigenvalue weighted by Crippen LogP contribution is 2.46. The molecule has 0 spiro atoms. The molecule has 0 saturated heterocycles. The Hall–Kier alpha value is -2.28. The van der Waals surface area contributed by atoms with Gasteiger partial charge in [0, 0.05) is 17.5 Å². The Morgan fingerprint density at radius 2 is 1.94 bits per heavy atom. The van der Waals surface area contributed by atoms with E-state index in [0.717, 1.165) is 16.8 Å². The van der Waals surface area contributed by atoms with Crippen LogP contribution in [-0.4, -0.2) is 31.5 Å². The minimum absolute atomic E-state index is 0.0939. The molecule has 2 unspecified atom stereocenters. The number of nitrogens with zero attached hydrogens (tertiary/aromatic N) is 2. The van der Waals surface area contributed by atoms with Crippen LogP contribution < -0.4 is 0 Å². The molecule has 162 valence electrons. The standard InChI is InChI=1S/C24H23ClF2N2O2/c25-17-10-15(4-5-18(17)26)14-6-8-24(31,9-7-14)22(30)11-20-23-16(2-1-3-19(23)27)21-12-28-13-29(20)21/h1-5,10,12-14,20,22,30-31H,6-9,11H2. The number of aliphatic hydroxyl groups is 2. The Balaban J connectivity index is 1.33. The zero-order chi connectivity index (χ0) is 21.8. The van der Waals surface area contributed by atoms with Crippen LogP contribution in [0.15, 0.2) is 48.9 Å². The average Bonchev–Trinajstić information content (AvgIpc) is 3.34. The largest absolute Gasteiger partial charge is 0.390 e. The van der Waals surface area contributed by atoms with E-state index < -0.39 is 23.6 Å². The van der Waals surface area contributed by atoms with Crippen molar-refractivity contribution in [2.75, 3.05) is 0 Å². The van der Waals surface area contributed by atoms with E-state index in [1.807, 2.05) is 10.6 Å². The van der Waals surface area contributed by atoms with Crippen molar-refractivity contribution >= 4 is 11.6 Å². The Morgan fingerprint density at radius 3 is 2.68 bits per heavy atom. The lowest BCUT2D eigenvalue weighted by atomic mass is 9.72. The van der Waals surface area contributed by atoms with E-state index in [-0.39, 0.29) is 23.2 Å². The summed E-state index contributed by atoms with van der Waals surface area (Å²) in [6.45, 7) is 0. The SMILES string of the molecule is OC(CC1c2c(F)cccc2-c2cncn21)C1(O)CCC(c2ccc(F)c(Cl)c2)CC1. The molecule has 5 rings (SSSR count). The zero-order valence-corrected chi connectivity index (χ0v) is 17.6. The first-order chi connectivity index (χ1) is 14.9. The summed E-state index contributed by atoms with van der Waals surface area (Å²) in [4.78, 5) is 4.18. The molecule has 0 bridgehead atoms. The third kappa shape index (κ3) is 3.47. The second-order valence-electron chi connectivity index (χ2n) is 8.71. The Morgan fingerprint density at radius 1 is 1.16 bits per heavy atom. The van der Waals surface area contributed by atoms with Crippen LogP contribution in [0.2, 0.25) is 5.02 Å². The Labute approximate surface area is 184 Å². The van der Waals surface area contributed by atoms with Gasteiger partial charge in [-0.15, -0.1) is 0 Å². The molecule has 1 aliphatic heterocycles. The zero-order valence-electron chi connectivity index (χ0n) is 16.8. The number of hydrogen-bond acceptors (Lipinski definition) is 3. The van der Waals surface area contributed by atoms with Crippen molar-refractivity contribution in [1.29, 1.82) is 0 Å². The topological polar surface area (TPSA) is 58.3 Å². The number of halogens is 3. The number of aliphatic hydroxyl groups excluding tert-OH is 1. The fourth-order valence-corrected chi connectivity index (χ4v) is 5.40. The summed E-state index contributed by atoms with van der Waals surface area (Å²) >= 11 is 5.92. The van der Waals surface area contributed by atoms with E-state index in [4.69, 9.17) is 11.6 Å². The number of imidazole rings is 1. The van der Waals surface area contributed by atoms with Crippen molar-refractivity contribution in [1.82, 2.24) is 9.55 Å². The van der Waals surface area contributed by atoms with E-state index in [1.54, 1.807) is 30.7 Å². The maximum atomic E-state index is 14.7. The van der Waals surface area contributed by atoms with E-state index in [0.29, 0.717) is 31.2 Å². The normalized spacial score (nSPS) is 25.8. The third-order valence-electron chi connectivity index (χ3n) is 7.00. The summed E-state index contributed by atoms with van der Waals surface area (Å²) in [6.07, 6.45) is 4.63. The molecule has 2 aliphatic rings. The molecule has 4 nitrogen and oxygen atoms in total. The van der Waals surface area contributed by atoms with Gasteiger partial charge in [-0.3, -0.25) is 0 Å². The third-order valence-corrected chi connectivity index (χ3v) is 7.29. The van der Waals surface area contributed by atoms with Crippen LogP contribution in [0.3, 0.4) is 0 Å². The molecule has 1 aromatic heterocycles. The van der Waals surface area contributed by atoms with Crippen LogP contribution in [-0.2, 0) is 0 Å². The molecule has 2 aromatic carbocycles. The quantitative estimate of drug-likeness (QED) is 0.579. The monoisotopic (exact) mass is 444 g/mol. The fraction of sp³-hybridized carbons (Fsp3) is 0.375. The maximum Gasteiger partial charge on any atom is 0.141 e. The van der Waals surface area contributed by atoms with Gasteiger partial charge in [-0.25, -0.2) is 13.8 Å². The van der Waals surface area contributed by atoms with Gasteiger partial charge >= 0.3 is 0 Å². The fourth-order valence-electron chi connectivity index (χ4n) is 5.21. The van der Waals surface area contributed by atoms with Crippen LogP contribution in [0.4, 0.5) is 8.78 Å². The summed E-state index contributed by atoms with van der Waals surface area (Å²) in [5.41, 5.74) is 1.82. The Kier molecular flexibility index (Phi) is 5.12. The number of fused-ring (bicyclic) bond motifs is 3. The van der Waals surface area contributed by atoms with Crippen molar-refractivity contribution in [2.24, 2.45) is 0 Å². The number of rotatable bonds is 4. The minimum atomic E-state index is -1.25. The van der Waals surface area contributed by atoms with Crippen LogP contribution in [0.1, 0.15) is 55.2 Å². The summed E-state index contributed by atoms with van der Waals surface area (Å²) in [7, 11) is 0. The van der Waals surface area contributed by atoms with E-state index in [9.17, 15) is 19.0 Å². The molecule has 7 heteroatoms. The van der Waals surface area contributed by atoms with Crippen molar-refractivity contribution in [2.45, 2.75) is 55.8 Å². The van der Waals surface area contributed by atoms with Crippen molar-refractivity contribution in [3.05, 3.63) is 76.7 Å². The molecule has 2 heterocycles. The van der Waals surface area contributed by atoms with Gasteiger partial charge in [-0.2, -0.15) is 0 Å². The van der Waals surface area contributed by atoms with Crippen molar-refractivity contribution < 1.29 is 19.0 Å². The number of hydrogen-bond donors (Lipinski definition) is 2. The van der Waals surface area contributed by atoms with Crippen molar-refractivity contribution in [3.63, 3.8) is 0 Å². The van der Waals surface area contributed by atoms with Crippen molar-refractivity contribution in [3.8, 4) is 11.3 Å². The van der Waals surface area contributed by atoms with Gasteiger partial charge in [-0.1, -0.05) is 29.8 Å². The molecule has 1 fully saturated rings. The van der Waals surface area contributed by atoms with E-state index in [2.05, 4.69) is 4.98 Å². The summed E-state index contributed by atoms with van der Waals surface area (Å²) in [5.74, 6) is -0.617. The molecule has 0 radical (unpaired) electrons. The molecule has 2 N–H and O–H groups in total. The first-order valence-electron chi connectivity index (χ1n) is 10.5. The minimum Gasteiger partial charge on any atom is -0.390 e. The summed E-state index contributed by atoms with van der Waals surface area (Å²) in [5, 5.41) is 22.4. The lowest BCUT2D eigenvalue weighted by molar-refractivity contribution is -0.105. The smallest absolute Gasteiger partial charge is 0.141 e. The van der Waals surface area contributed by atoms with Crippen LogP contribution >= 0.6 is 11.6 Å². The lowest BCUT2D eigenvalue weighted by Gasteiger charge is -2.40. The van der Waals surface area contributed by atoms with Crippen LogP contribution in [0, 0.1) is 11.6 Å². The molecule has 1 saturated carbocycles. The lowest BCUT2D eigenvalue weighted by Crippen LogP contribution is -2.46. The van der Waals surface area contributed by atoms with Gasteiger partial charge in [-0.05, 0) is 55.4 Å². The summed E-state index contributed by atoms with van der Waals surface area (Å²) < 4.78 is 30.0. The van der Waals surface area contributed by atoms with Gasteiger partial charge in [0.15, 0.2) is 0 Å². The van der Waals surface area contributed by atoms with E-state index >= 15 is 0 Å². The summed E-state index contributed by atoms with van der Waals surface area (Å²) in [6, 6.07) is 9.26. The number of aromatic nitrogens is 2. The van der Waals surface area contributed by atoms with Crippen LogP contribution in [0.5, 0.6) is 0 Å². The highest BCUT2D eigenvalue weighted by Gasteiger charge is 2.43. The molecule has 0 amide bonds. The van der Waals surface area contributed by atoms with Gasteiger partial charge in [0.2, 0.25) is 0 Å². The van der Waals surface area contributed by atoms with Gasteiger partial charge in [0.1, 0.15) is 11.6 Å². The second-order valence-corrected chi connectivity index (χ2v) is 9.11. The second kappa shape index (κ2) is 7.69. The van der Waals surface area contributed by atoms with Gasteiger partial charge < -0.3 is 14.8 Å². The molecule has 31 heavy (non-hydrogen) atoms. The Bertz CT molecular complexity index is 1120. The van der Waals surface area contributed by atoms with Gasteiger partial charge in [0.05, 0.1) is 41.0 Å². The highest BCUT2D eigenvalue weighted by atomic mass is 35.5. The highest BCUT2D eigenvalue weighted by molar-refractivity contribution is 6.30.